The van der Waals surface area contributed by atoms with Crippen molar-refractivity contribution in [3.8, 4) is 0 Å². The van der Waals surface area contributed by atoms with Crippen molar-refractivity contribution in [2.75, 3.05) is 18.5 Å². The Morgan fingerprint density at radius 3 is 2.72 bits per heavy atom. The first-order chi connectivity index (χ1) is 14.0. The van der Waals surface area contributed by atoms with Crippen molar-refractivity contribution in [2.45, 2.75) is 38.6 Å². The lowest BCUT2D eigenvalue weighted by Gasteiger charge is -2.23. The average molecular weight is 389 g/mol. The smallest absolute Gasteiger partial charge is 0.250 e. The summed E-state index contributed by atoms with van der Waals surface area (Å²) < 4.78 is 5.51. The molecule has 0 radical (unpaired) electrons. The largest absolute Gasteiger partial charge is 0.381 e. The van der Waals surface area contributed by atoms with Crippen LogP contribution in [0.2, 0.25) is 0 Å². The second-order valence-corrected chi connectivity index (χ2v) is 7.85. The van der Waals surface area contributed by atoms with E-state index in [0.717, 1.165) is 42.8 Å². The van der Waals surface area contributed by atoms with Gasteiger partial charge in [0.15, 0.2) is 0 Å². The van der Waals surface area contributed by atoms with E-state index in [0.29, 0.717) is 11.5 Å². The lowest BCUT2D eigenvalue weighted by Crippen LogP contribution is -2.16. The van der Waals surface area contributed by atoms with Gasteiger partial charge in [-0.15, -0.1) is 0 Å². The Balaban J connectivity index is 1.72. The lowest BCUT2D eigenvalue weighted by molar-refractivity contribution is 0.0845. The first kappa shape index (κ1) is 19.4. The number of nitrogens with one attached hydrogen (secondary N) is 1. The third-order valence-electron chi connectivity index (χ3n) is 5.70. The van der Waals surface area contributed by atoms with Crippen LogP contribution in [0.15, 0.2) is 48.7 Å². The van der Waals surface area contributed by atoms with Crippen LogP contribution in [0.1, 0.15) is 58.9 Å². The van der Waals surface area contributed by atoms with Crippen molar-refractivity contribution in [1.29, 1.82) is 0 Å². The van der Waals surface area contributed by atoms with Crippen molar-refractivity contribution in [3.05, 3.63) is 71.0 Å². The van der Waals surface area contributed by atoms with E-state index in [4.69, 9.17) is 15.5 Å². The Labute approximate surface area is 171 Å². The third-order valence-corrected chi connectivity index (χ3v) is 5.70. The lowest BCUT2D eigenvalue weighted by atomic mass is 9.92. The Hall–Kier alpha value is -2.92. The molecule has 1 aliphatic rings. The topological polar surface area (TPSA) is 77.2 Å². The van der Waals surface area contributed by atoms with Gasteiger partial charge in [0.2, 0.25) is 0 Å². The summed E-state index contributed by atoms with van der Waals surface area (Å²) in [6.07, 6.45) is 4.01. The van der Waals surface area contributed by atoms with E-state index in [1.165, 1.54) is 16.5 Å². The van der Waals surface area contributed by atoms with Gasteiger partial charge >= 0.3 is 0 Å². The van der Waals surface area contributed by atoms with Gasteiger partial charge in [-0.2, -0.15) is 0 Å². The number of hydrogen-bond acceptors (Lipinski definition) is 4. The zero-order valence-electron chi connectivity index (χ0n) is 16.9. The molecule has 4 rings (SSSR count). The summed E-state index contributed by atoms with van der Waals surface area (Å²) >= 11 is 0. The molecule has 3 aromatic rings. The quantitative estimate of drug-likeness (QED) is 0.662. The average Bonchev–Trinajstić information content (AvgIpc) is 2.73. The molecule has 1 aliphatic heterocycles. The van der Waals surface area contributed by atoms with Crippen molar-refractivity contribution in [1.82, 2.24) is 4.98 Å². The minimum atomic E-state index is -0.430. The fourth-order valence-electron chi connectivity index (χ4n) is 4.17. The highest BCUT2D eigenvalue weighted by atomic mass is 16.5. The van der Waals surface area contributed by atoms with Gasteiger partial charge in [-0.05, 0) is 61.9 Å². The van der Waals surface area contributed by atoms with E-state index in [1.54, 1.807) is 6.07 Å². The molecule has 5 nitrogen and oxygen atoms in total. The number of ether oxygens (including phenoxy) is 1. The molecule has 5 heteroatoms. The number of primary amides is 1. The maximum absolute atomic E-state index is 11.8. The van der Waals surface area contributed by atoms with Gasteiger partial charge in [0.1, 0.15) is 0 Å². The summed E-state index contributed by atoms with van der Waals surface area (Å²) in [5.41, 5.74) is 10.3. The second kappa shape index (κ2) is 8.21. The number of benzene rings is 2. The number of fused-ring (bicyclic) bond motifs is 1. The number of aromatic nitrogens is 1. The molecule has 0 bridgehead atoms. The van der Waals surface area contributed by atoms with Gasteiger partial charge in [-0.3, -0.25) is 9.78 Å². The number of hydrogen-bond donors (Lipinski definition) is 2. The predicted octanol–water partition coefficient (Wildman–Crippen LogP) is 4.71. The standard InChI is InChI=1S/C24H27N3O2/c1-15-11-18-14-26-23(17-7-9-29-10-8-17)13-21(18)20(12-15)16(2)27-22-6-4-3-5-19(22)24(25)28/h3-6,11-14,16-17,27H,7-10H2,1-2H3,(H2,25,28)/t16-/m1/s1. The number of para-hydroxylation sites is 1. The molecule has 1 fully saturated rings. The highest BCUT2D eigenvalue weighted by Gasteiger charge is 2.19. The summed E-state index contributed by atoms with van der Waals surface area (Å²) in [7, 11) is 0. The Bertz CT molecular complexity index is 1040. The Morgan fingerprint density at radius 2 is 1.97 bits per heavy atom. The van der Waals surface area contributed by atoms with Crippen molar-refractivity contribution < 1.29 is 9.53 Å². The molecule has 3 N–H and O–H groups in total. The minimum absolute atomic E-state index is 0.00263. The number of nitrogens with zero attached hydrogens (tertiary/aromatic N) is 1. The fourth-order valence-corrected chi connectivity index (χ4v) is 4.17. The molecule has 150 valence electrons. The van der Waals surface area contributed by atoms with Gasteiger partial charge in [0.05, 0.1) is 5.56 Å². The minimum Gasteiger partial charge on any atom is -0.381 e. The summed E-state index contributed by atoms with van der Waals surface area (Å²) in [6, 6.07) is 14.0. The van der Waals surface area contributed by atoms with Crippen LogP contribution < -0.4 is 11.1 Å². The van der Waals surface area contributed by atoms with Gasteiger partial charge < -0.3 is 15.8 Å². The number of carbonyl (C=O) groups excluding carboxylic acids is 1. The van der Waals surface area contributed by atoms with Gasteiger partial charge in [0, 0.05) is 48.1 Å². The molecule has 0 unspecified atom stereocenters. The first-order valence-corrected chi connectivity index (χ1v) is 10.2. The maximum atomic E-state index is 11.8. The van der Waals surface area contributed by atoms with Gasteiger partial charge in [-0.1, -0.05) is 23.8 Å². The van der Waals surface area contributed by atoms with Crippen LogP contribution in [0.5, 0.6) is 0 Å². The number of carbonyl (C=O) groups is 1. The summed E-state index contributed by atoms with van der Waals surface area (Å²) in [4.78, 5) is 16.5. The van der Waals surface area contributed by atoms with E-state index < -0.39 is 5.91 Å². The van der Waals surface area contributed by atoms with E-state index in [2.05, 4.69) is 37.4 Å². The predicted molar refractivity (Wildman–Crippen MR) is 116 cm³/mol. The number of rotatable bonds is 5. The Kier molecular flexibility index (Phi) is 5.49. The molecular formula is C24H27N3O2. The molecule has 0 spiro atoms. The molecule has 2 heterocycles. The van der Waals surface area contributed by atoms with Gasteiger partial charge in [0.25, 0.3) is 5.91 Å². The first-order valence-electron chi connectivity index (χ1n) is 10.2. The number of aryl methyl sites for hydroxylation is 1. The highest BCUT2D eigenvalue weighted by Crippen LogP contribution is 2.33. The van der Waals surface area contributed by atoms with Crippen molar-refractivity contribution >= 4 is 22.4 Å². The summed E-state index contributed by atoms with van der Waals surface area (Å²) in [5, 5.41) is 5.82. The van der Waals surface area contributed by atoms with E-state index in [1.807, 2.05) is 24.4 Å². The van der Waals surface area contributed by atoms with Crippen LogP contribution in [-0.4, -0.2) is 24.1 Å². The van der Waals surface area contributed by atoms with Crippen LogP contribution in [0.4, 0.5) is 5.69 Å². The fraction of sp³-hybridized carbons (Fsp3) is 0.333. The summed E-state index contributed by atoms with van der Waals surface area (Å²) in [5.74, 6) is 0.0153. The third kappa shape index (κ3) is 4.10. The monoisotopic (exact) mass is 389 g/mol. The number of anilines is 1. The normalized spacial score (nSPS) is 15.9. The molecule has 1 atom stereocenters. The van der Waals surface area contributed by atoms with Crippen molar-refractivity contribution in [2.24, 2.45) is 5.73 Å². The van der Waals surface area contributed by atoms with Crippen LogP contribution in [0.3, 0.4) is 0 Å². The maximum Gasteiger partial charge on any atom is 0.250 e. The molecule has 1 aromatic heterocycles. The Morgan fingerprint density at radius 1 is 1.21 bits per heavy atom. The molecule has 0 saturated carbocycles. The SMILES string of the molecule is Cc1cc([C@@H](C)Nc2ccccc2C(N)=O)c2cc(C3CCOCC3)ncc2c1. The number of nitrogens with two attached hydrogens (primary N) is 1. The van der Waals surface area contributed by atoms with Crippen LogP contribution in [-0.2, 0) is 4.74 Å². The van der Waals surface area contributed by atoms with Crippen molar-refractivity contribution in [3.63, 3.8) is 0 Å². The highest BCUT2D eigenvalue weighted by molar-refractivity contribution is 5.98. The molecule has 2 aromatic carbocycles. The number of amides is 1. The van der Waals surface area contributed by atoms with E-state index in [9.17, 15) is 4.79 Å². The van der Waals surface area contributed by atoms with Crippen LogP contribution in [0, 0.1) is 6.92 Å². The molecule has 29 heavy (non-hydrogen) atoms. The van der Waals surface area contributed by atoms with Gasteiger partial charge in [-0.25, -0.2) is 0 Å². The molecule has 1 amide bonds. The molecule has 0 aliphatic carbocycles. The zero-order chi connectivity index (χ0) is 20.4. The summed E-state index contributed by atoms with van der Waals surface area (Å²) in [6.45, 7) is 5.81. The molecular weight excluding hydrogens is 362 g/mol. The molecule has 1 saturated heterocycles. The van der Waals surface area contributed by atoms with Crippen LogP contribution >= 0.6 is 0 Å². The van der Waals surface area contributed by atoms with Crippen LogP contribution in [0.25, 0.3) is 10.8 Å². The van der Waals surface area contributed by atoms with E-state index >= 15 is 0 Å². The second-order valence-electron chi connectivity index (χ2n) is 7.85. The zero-order valence-corrected chi connectivity index (χ0v) is 16.9. The number of pyridine rings is 1. The van der Waals surface area contributed by atoms with E-state index in [-0.39, 0.29) is 6.04 Å².